The number of para-hydroxylation sites is 1. The van der Waals surface area contributed by atoms with Crippen molar-refractivity contribution in [3.05, 3.63) is 83.4 Å². The summed E-state index contributed by atoms with van der Waals surface area (Å²) in [5, 5.41) is 8.48. The molecule has 4 aromatic rings. The minimum atomic E-state index is -3.53. The zero-order valence-corrected chi connectivity index (χ0v) is 24.7. The van der Waals surface area contributed by atoms with Crippen LogP contribution in [0.1, 0.15) is 31.2 Å². The van der Waals surface area contributed by atoms with Crippen LogP contribution in [-0.4, -0.2) is 45.1 Å². The number of nitrogens with one attached hydrogen (secondary N) is 3. The third-order valence-electron chi connectivity index (χ3n) is 7.67. The van der Waals surface area contributed by atoms with Crippen molar-refractivity contribution >= 4 is 44.3 Å². The van der Waals surface area contributed by atoms with Crippen molar-refractivity contribution in [2.45, 2.75) is 37.0 Å². The fourth-order valence-corrected chi connectivity index (χ4v) is 6.45. The first-order chi connectivity index (χ1) is 19.9. The molecule has 1 fully saturated rings. The Morgan fingerprint density at radius 1 is 0.854 bits per heavy atom. The fraction of sp³-hybridized carbons (Fsp3) is 0.355. The largest absolute Gasteiger partial charge is 0.497 e. The quantitative estimate of drug-likeness (QED) is 0.181. The highest BCUT2D eigenvalue weighted by Gasteiger charge is 2.23. The topological polar surface area (TPSA) is 105 Å². The van der Waals surface area contributed by atoms with Crippen LogP contribution in [0.4, 0.5) is 11.8 Å². The summed E-state index contributed by atoms with van der Waals surface area (Å²) >= 11 is 5.89. The second-order valence-corrected chi connectivity index (χ2v) is 12.7. The lowest BCUT2D eigenvalue weighted by molar-refractivity contribution is 0.284. The fourth-order valence-electron chi connectivity index (χ4n) is 5.21. The molecule has 5 rings (SSSR count). The van der Waals surface area contributed by atoms with Gasteiger partial charge in [-0.1, -0.05) is 35.9 Å². The van der Waals surface area contributed by atoms with Crippen LogP contribution in [0.15, 0.2) is 77.7 Å². The molecular weight excluding hydrogens is 558 g/mol. The second kappa shape index (κ2) is 13.5. The number of rotatable bonds is 12. The Kier molecular flexibility index (Phi) is 9.59. The monoisotopic (exact) mass is 593 g/mol. The molecule has 1 aromatic heterocycles. The van der Waals surface area contributed by atoms with Crippen LogP contribution in [0.25, 0.3) is 10.9 Å². The Hall–Kier alpha value is -3.40. The number of nitrogens with zero attached hydrogens (tertiary/aromatic N) is 2. The molecular formula is C31H36ClN5O3S. The molecule has 1 aliphatic carbocycles. The smallest absolute Gasteiger partial charge is 0.240 e. The van der Waals surface area contributed by atoms with Crippen molar-refractivity contribution in [2.75, 3.05) is 37.4 Å². The molecule has 10 heteroatoms. The lowest BCUT2D eigenvalue weighted by Crippen LogP contribution is -2.32. The number of hydrogen-bond donors (Lipinski definition) is 3. The summed E-state index contributed by atoms with van der Waals surface area (Å²) in [5.41, 5.74) is 2.12. The zero-order valence-electron chi connectivity index (χ0n) is 23.1. The lowest BCUT2D eigenvalue weighted by atomic mass is 9.82. The molecule has 0 unspecified atom stereocenters. The van der Waals surface area contributed by atoms with Gasteiger partial charge in [-0.25, -0.2) is 18.1 Å². The van der Waals surface area contributed by atoms with Gasteiger partial charge in [-0.15, -0.1) is 0 Å². The van der Waals surface area contributed by atoms with E-state index in [1.54, 1.807) is 19.2 Å². The van der Waals surface area contributed by atoms with Crippen LogP contribution in [0.3, 0.4) is 0 Å². The van der Waals surface area contributed by atoms with Crippen molar-refractivity contribution in [1.82, 2.24) is 14.7 Å². The first-order valence-corrected chi connectivity index (χ1v) is 15.9. The number of hydrogen-bond acceptors (Lipinski definition) is 7. The van der Waals surface area contributed by atoms with Gasteiger partial charge in [0.25, 0.3) is 0 Å². The Balaban J connectivity index is 1.12. The summed E-state index contributed by atoms with van der Waals surface area (Å²) < 4.78 is 33.2. The maximum absolute atomic E-state index is 12.6. The van der Waals surface area contributed by atoms with E-state index in [1.165, 1.54) is 17.7 Å². The van der Waals surface area contributed by atoms with E-state index in [0.717, 1.165) is 67.7 Å². The van der Waals surface area contributed by atoms with Crippen LogP contribution in [-0.2, 0) is 16.4 Å². The number of benzene rings is 3. The molecule has 1 saturated carbocycles. The normalized spacial score (nSPS) is 17.3. The number of methoxy groups -OCH3 is 1. The summed E-state index contributed by atoms with van der Waals surface area (Å²) in [7, 11) is -1.86. The number of ether oxygens (including phenoxy) is 1. The second-order valence-electron chi connectivity index (χ2n) is 10.5. The summed E-state index contributed by atoms with van der Waals surface area (Å²) in [6.45, 7) is 1.98. The zero-order chi connectivity index (χ0) is 28.7. The van der Waals surface area contributed by atoms with Gasteiger partial charge in [-0.3, -0.25) is 0 Å². The highest BCUT2D eigenvalue weighted by molar-refractivity contribution is 7.89. The van der Waals surface area contributed by atoms with E-state index < -0.39 is 10.0 Å². The molecule has 0 aliphatic heterocycles. The predicted molar refractivity (Wildman–Crippen MR) is 165 cm³/mol. The van der Waals surface area contributed by atoms with Gasteiger partial charge in [-0.2, -0.15) is 4.98 Å². The summed E-state index contributed by atoms with van der Waals surface area (Å²) in [5.74, 6) is 3.11. The number of halogens is 1. The molecule has 0 spiro atoms. The van der Waals surface area contributed by atoms with Crippen LogP contribution in [0, 0.1) is 11.8 Å². The molecule has 3 N–H and O–H groups in total. The Morgan fingerprint density at radius 3 is 2.24 bits per heavy atom. The van der Waals surface area contributed by atoms with E-state index in [1.807, 2.05) is 36.4 Å². The van der Waals surface area contributed by atoms with Crippen molar-refractivity contribution in [1.29, 1.82) is 0 Å². The van der Waals surface area contributed by atoms with E-state index in [2.05, 4.69) is 27.5 Å². The Bertz CT molecular complexity index is 1540. The first kappa shape index (κ1) is 29.1. The highest BCUT2D eigenvalue weighted by Crippen LogP contribution is 2.29. The third kappa shape index (κ3) is 7.87. The van der Waals surface area contributed by atoms with Crippen molar-refractivity contribution in [2.24, 2.45) is 11.8 Å². The molecule has 41 heavy (non-hydrogen) atoms. The summed E-state index contributed by atoms with van der Waals surface area (Å²) in [4.78, 5) is 9.80. The standard InChI is InChI=1S/C31H36ClN5O3S/c1-40-26-14-10-22(11-15-26)18-19-33-30-28-4-2-3-5-29(28)36-31(37-30)34-20-23-6-8-24(9-7-23)21-35-41(38,39)27-16-12-25(32)13-17-27/h2-5,10-17,23-24,35H,6-9,18-21H2,1H3,(H2,33,34,36,37). The number of fused-ring (bicyclic) bond motifs is 1. The average Bonchev–Trinajstić information content (AvgIpc) is 3.00. The van der Waals surface area contributed by atoms with Gasteiger partial charge in [0, 0.05) is 30.0 Å². The minimum absolute atomic E-state index is 0.241. The molecule has 0 bridgehead atoms. The predicted octanol–water partition coefficient (Wildman–Crippen LogP) is 6.14. The molecule has 1 heterocycles. The van der Waals surface area contributed by atoms with Crippen molar-refractivity contribution in [3.8, 4) is 5.75 Å². The van der Waals surface area contributed by atoms with E-state index in [4.69, 9.17) is 26.3 Å². The molecule has 0 radical (unpaired) electrons. The third-order valence-corrected chi connectivity index (χ3v) is 9.36. The van der Waals surface area contributed by atoms with Crippen molar-refractivity contribution in [3.63, 3.8) is 0 Å². The maximum Gasteiger partial charge on any atom is 0.240 e. The summed E-state index contributed by atoms with van der Waals surface area (Å²) in [6, 6.07) is 22.4. The molecule has 0 saturated heterocycles. The molecule has 0 amide bonds. The van der Waals surface area contributed by atoms with Crippen molar-refractivity contribution < 1.29 is 13.2 Å². The highest BCUT2D eigenvalue weighted by atomic mass is 35.5. The average molecular weight is 594 g/mol. The molecule has 3 aromatic carbocycles. The number of anilines is 2. The van der Waals surface area contributed by atoms with Crippen LogP contribution in [0.2, 0.25) is 5.02 Å². The number of aromatic nitrogens is 2. The lowest BCUT2D eigenvalue weighted by Gasteiger charge is -2.28. The van der Waals surface area contributed by atoms with E-state index >= 15 is 0 Å². The van der Waals surface area contributed by atoms with Crippen LogP contribution in [0.5, 0.6) is 5.75 Å². The van der Waals surface area contributed by atoms with Gasteiger partial charge >= 0.3 is 0 Å². The SMILES string of the molecule is COc1ccc(CCNc2nc(NCC3CCC(CNS(=O)(=O)c4ccc(Cl)cc4)CC3)nc3ccccc23)cc1. The van der Waals surface area contributed by atoms with Crippen LogP contribution < -0.4 is 20.1 Å². The van der Waals surface area contributed by atoms with E-state index in [-0.39, 0.29) is 4.90 Å². The van der Waals surface area contributed by atoms with Gasteiger partial charge in [0.1, 0.15) is 11.6 Å². The Labute approximate surface area is 247 Å². The molecule has 216 valence electrons. The number of sulfonamides is 1. The van der Waals surface area contributed by atoms with Gasteiger partial charge in [-0.05, 0) is 98.0 Å². The summed E-state index contributed by atoms with van der Waals surface area (Å²) in [6.07, 6.45) is 4.88. The maximum atomic E-state index is 12.6. The Morgan fingerprint density at radius 2 is 1.54 bits per heavy atom. The van der Waals surface area contributed by atoms with E-state index in [0.29, 0.717) is 29.4 Å². The minimum Gasteiger partial charge on any atom is -0.497 e. The molecule has 1 aliphatic rings. The van der Waals surface area contributed by atoms with Gasteiger partial charge < -0.3 is 15.4 Å². The van der Waals surface area contributed by atoms with Crippen LogP contribution >= 0.6 is 11.6 Å². The van der Waals surface area contributed by atoms with Gasteiger partial charge in [0.2, 0.25) is 16.0 Å². The molecule has 8 nitrogen and oxygen atoms in total. The molecule has 0 atom stereocenters. The van der Waals surface area contributed by atoms with Gasteiger partial charge in [0.15, 0.2) is 0 Å². The first-order valence-electron chi connectivity index (χ1n) is 14.0. The van der Waals surface area contributed by atoms with E-state index in [9.17, 15) is 8.42 Å². The van der Waals surface area contributed by atoms with Gasteiger partial charge in [0.05, 0.1) is 17.5 Å².